The van der Waals surface area contributed by atoms with Crippen LogP contribution in [0.1, 0.15) is 20.8 Å². The van der Waals surface area contributed by atoms with Crippen molar-refractivity contribution < 1.29 is 14.6 Å². The number of ether oxygens (including phenoxy) is 1. The Hall–Kier alpha value is -0.780. The second kappa shape index (κ2) is 6.59. The van der Waals surface area contributed by atoms with Crippen LogP contribution in [0, 0.1) is 0 Å². The summed E-state index contributed by atoms with van der Waals surface area (Å²) in [5.74, 6) is 0.125. The van der Waals surface area contributed by atoms with Gasteiger partial charge in [0.15, 0.2) is 6.61 Å². The largest absolute Gasteiger partial charge is 0.482 e. The van der Waals surface area contributed by atoms with E-state index in [2.05, 4.69) is 21.2 Å². The van der Waals surface area contributed by atoms with E-state index in [1.54, 1.807) is 39.0 Å². The summed E-state index contributed by atoms with van der Waals surface area (Å²) in [6.07, 6.45) is -0.660. The SMILES string of the molecule is CC(O)C(C)(C)NC(=O)COc1ccc(Br)cc1Cl. The maximum atomic E-state index is 11.7. The minimum Gasteiger partial charge on any atom is -0.482 e. The molecule has 1 aromatic rings. The molecule has 1 atom stereocenters. The van der Waals surface area contributed by atoms with Crippen molar-refractivity contribution in [3.63, 3.8) is 0 Å². The normalized spacial score (nSPS) is 12.9. The van der Waals surface area contributed by atoms with Gasteiger partial charge < -0.3 is 15.2 Å². The maximum Gasteiger partial charge on any atom is 0.258 e. The van der Waals surface area contributed by atoms with Crippen LogP contribution in [0.5, 0.6) is 5.75 Å². The lowest BCUT2D eigenvalue weighted by molar-refractivity contribution is -0.126. The number of hydrogen-bond donors (Lipinski definition) is 2. The Labute approximate surface area is 126 Å². The summed E-state index contributed by atoms with van der Waals surface area (Å²) in [5, 5.41) is 12.6. The van der Waals surface area contributed by atoms with E-state index < -0.39 is 11.6 Å². The fourth-order valence-electron chi connectivity index (χ4n) is 1.24. The summed E-state index contributed by atoms with van der Waals surface area (Å²) in [6.45, 7) is 4.94. The van der Waals surface area contributed by atoms with Gasteiger partial charge in [-0.2, -0.15) is 0 Å². The predicted molar refractivity (Wildman–Crippen MR) is 78.5 cm³/mol. The van der Waals surface area contributed by atoms with Gasteiger partial charge in [-0.15, -0.1) is 0 Å². The van der Waals surface area contributed by atoms with Gasteiger partial charge >= 0.3 is 0 Å². The summed E-state index contributed by atoms with van der Waals surface area (Å²) in [6, 6.07) is 5.15. The number of nitrogens with one attached hydrogen (secondary N) is 1. The number of benzene rings is 1. The van der Waals surface area contributed by atoms with E-state index >= 15 is 0 Å². The summed E-state index contributed by atoms with van der Waals surface area (Å²) >= 11 is 9.25. The van der Waals surface area contributed by atoms with E-state index in [0.29, 0.717) is 10.8 Å². The van der Waals surface area contributed by atoms with E-state index in [1.165, 1.54) is 0 Å². The molecule has 0 saturated carbocycles. The molecule has 1 rings (SSSR count). The van der Waals surface area contributed by atoms with Gasteiger partial charge in [-0.3, -0.25) is 4.79 Å². The molecule has 0 radical (unpaired) electrons. The molecule has 0 saturated heterocycles. The first kappa shape index (κ1) is 16.3. The molecule has 0 spiro atoms. The molecule has 1 unspecified atom stereocenters. The molecule has 0 aliphatic carbocycles. The minimum atomic E-state index is -0.704. The lowest BCUT2D eigenvalue weighted by Crippen LogP contribution is -2.52. The topological polar surface area (TPSA) is 58.6 Å². The Morgan fingerprint density at radius 2 is 2.21 bits per heavy atom. The van der Waals surface area contributed by atoms with Crippen LogP contribution in [0.15, 0.2) is 22.7 Å². The van der Waals surface area contributed by atoms with Crippen molar-refractivity contribution in [1.82, 2.24) is 5.32 Å². The van der Waals surface area contributed by atoms with Gasteiger partial charge in [0, 0.05) is 4.47 Å². The number of aliphatic hydroxyl groups is 1. The fourth-order valence-corrected chi connectivity index (χ4v) is 1.96. The first-order chi connectivity index (χ1) is 8.72. The van der Waals surface area contributed by atoms with E-state index in [4.69, 9.17) is 16.3 Å². The Bertz CT molecular complexity index is 463. The van der Waals surface area contributed by atoms with Crippen molar-refractivity contribution in [2.75, 3.05) is 6.61 Å². The standard InChI is InChI=1S/C13H17BrClNO3/c1-8(17)13(2,3)16-12(18)7-19-11-5-4-9(14)6-10(11)15/h4-6,8,17H,7H2,1-3H3,(H,16,18). The Morgan fingerprint density at radius 1 is 1.58 bits per heavy atom. The molecule has 0 fully saturated rings. The maximum absolute atomic E-state index is 11.7. The molecule has 4 nitrogen and oxygen atoms in total. The lowest BCUT2D eigenvalue weighted by atomic mass is 9.99. The molecule has 106 valence electrons. The third-order valence-corrected chi connectivity index (χ3v) is 3.55. The van der Waals surface area contributed by atoms with Crippen LogP contribution in [0.3, 0.4) is 0 Å². The van der Waals surface area contributed by atoms with Crippen molar-refractivity contribution in [2.45, 2.75) is 32.4 Å². The molecule has 6 heteroatoms. The zero-order valence-corrected chi connectivity index (χ0v) is 13.4. The predicted octanol–water partition coefficient (Wildman–Crippen LogP) is 2.76. The van der Waals surface area contributed by atoms with Crippen LogP contribution >= 0.6 is 27.5 Å². The summed E-state index contributed by atoms with van der Waals surface area (Å²) in [4.78, 5) is 11.7. The van der Waals surface area contributed by atoms with Crippen LogP contribution in [0.2, 0.25) is 5.02 Å². The first-order valence-corrected chi connectivity index (χ1v) is 6.96. The Kier molecular flexibility index (Phi) is 5.64. The molecule has 1 aromatic carbocycles. The van der Waals surface area contributed by atoms with Gasteiger partial charge in [-0.05, 0) is 39.0 Å². The second-order valence-corrected chi connectivity index (χ2v) is 6.13. The highest BCUT2D eigenvalue weighted by atomic mass is 79.9. The van der Waals surface area contributed by atoms with E-state index in [-0.39, 0.29) is 12.5 Å². The van der Waals surface area contributed by atoms with Gasteiger partial charge in [0.2, 0.25) is 0 Å². The van der Waals surface area contributed by atoms with Crippen molar-refractivity contribution in [1.29, 1.82) is 0 Å². The van der Waals surface area contributed by atoms with Gasteiger partial charge in [-0.1, -0.05) is 27.5 Å². The van der Waals surface area contributed by atoms with Crippen LogP contribution in [0.25, 0.3) is 0 Å². The number of aliphatic hydroxyl groups excluding tert-OH is 1. The smallest absolute Gasteiger partial charge is 0.258 e. The summed E-state index contributed by atoms with van der Waals surface area (Å²) in [7, 11) is 0. The first-order valence-electron chi connectivity index (χ1n) is 5.79. The van der Waals surface area contributed by atoms with Gasteiger partial charge in [0.1, 0.15) is 5.75 Å². The van der Waals surface area contributed by atoms with Crippen LogP contribution in [0.4, 0.5) is 0 Å². The highest BCUT2D eigenvalue weighted by Crippen LogP contribution is 2.27. The zero-order chi connectivity index (χ0) is 14.6. The summed E-state index contributed by atoms with van der Waals surface area (Å²) < 4.78 is 6.17. The summed E-state index contributed by atoms with van der Waals surface area (Å²) in [5.41, 5.74) is -0.704. The Morgan fingerprint density at radius 3 is 2.74 bits per heavy atom. The minimum absolute atomic E-state index is 0.155. The average molecular weight is 351 g/mol. The monoisotopic (exact) mass is 349 g/mol. The van der Waals surface area contributed by atoms with Crippen molar-refractivity contribution in [3.8, 4) is 5.75 Å². The van der Waals surface area contributed by atoms with Crippen LogP contribution in [-0.4, -0.2) is 29.3 Å². The molecular weight excluding hydrogens is 334 g/mol. The number of carbonyl (C=O) groups is 1. The fraction of sp³-hybridized carbons (Fsp3) is 0.462. The molecule has 0 aliphatic heterocycles. The van der Waals surface area contributed by atoms with E-state index in [9.17, 15) is 9.90 Å². The van der Waals surface area contributed by atoms with Crippen molar-refractivity contribution in [3.05, 3.63) is 27.7 Å². The second-order valence-electron chi connectivity index (χ2n) is 4.81. The highest BCUT2D eigenvalue weighted by Gasteiger charge is 2.26. The molecule has 0 bridgehead atoms. The Balaban J connectivity index is 2.55. The average Bonchev–Trinajstić information content (AvgIpc) is 2.27. The number of amides is 1. The number of carbonyl (C=O) groups excluding carboxylic acids is 1. The number of hydrogen-bond acceptors (Lipinski definition) is 3. The quantitative estimate of drug-likeness (QED) is 0.858. The van der Waals surface area contributed by atoms with E-state index in [0.717, 1.165) is 4.47 Å². The molecule has 0 heterocycles. The zero-order valence-electron chi connectivity index (χ0n) is 11.0. The number of halogens is 2. The van der Waals surface area contributed by atoms with Crippen molar-refractivity contribution >= 4 is 33.4 Å². The molecule has 1 amide bonds. The molecule has 0 aromatic heterocycles. The third-order valence-electron chi connectivity index (χ3n) is 2.76. The lowest BCUT2D eigenvalue weighted by Gasteiger charge is -2.29. The van der Waals surface area contributed by atoms with Gasteiger partial charge in [0.25, 0.3) is 5.91 Å². The highest BCUT2D eigenvalue weighted by molar-refractivity contribution is 9.10. The van der Waals surface area contributed by atoms with E-state index in [1.807, 2.05) is 0 Å². The van der Waals surface area contributed by atoms with Gasteiger partial charge in [0.05, 0.1) is 16.7 Å². The third kappa shape index (κ3) is 5.01. The molecular formula is C13H17BrClNO3. The molecule has 0 aliphatic rings. The van der Waals surface area contributed by atoms with Crippen LogP contribution in [-0.2, 0) is 4.79 Å². The molecule has 19 heavy (non-hydrogen) atoms. The van der Waals surface area contributed by atoms with Gasteiger partial charge in [-0.25, -0.2) is 0 Å². The molecule has 2 N–H and O–H groups in total. The van der Waals surface area contributed by atoms with Crippen molar-refractivity contribution in [2.24, 2.45) is 0 Å². The number of rotatable bonds is 5. The van der Waals surface area contributed by atoms with Crippen LogP contribution < -0.4 is 10.1 Å².